The summed E-state index contributed by atoms with van der Waals surface area (Å²) < 4.78 is 0. The van der Waals surface area contributed by atoms with Gasteiger partial charge in [0.1, 0.15) is 0 Å². The number of hydrogen-bond acceptors (Lipinski definition) is 3. The lowest BCUT2D eigenvalue weighted by atomic mass is 9.98. The maximum Gasteiger partial charge on any atom is 0.0219 e. The molecule has 0 amide bonds. The minimum absolute atomic E-state index is 0. The highest BCUT2D eigenvalue weighted by Crippen LogP contribution is 2.37. The van der Waals surface area contributed by atoms with E-state index in [9.17, 15) is 0 Å². The van der Waals surface area contributed by atoms with Gasteiger partial charge in [-0.1, -0.05) is 21.6 Å². The van der Waals surface area contributed by atoms with Crippen LogP contribution in [0.25, 0.3) is 0 Å². The van der Waals surface area contributed by atoms with Gasteiger partial charge in [-0.25, -0.2) is 0 Å². The van der Waals surface area contributed by atoms with Crippen LogP contribution in [0.2, 0.25) is 0 Å². The highest BCUT2D eigenvalue weighted by molar-refractivity contribution is 8.77. The van der Waals surface area contributed by atoms with Crippen molar-refractivity contribution in [2.75, 3.05) is 12.3 Å². The van der Waals surface area contributed by atoms with Gasteiger partial charge in [0.25, 0.3) is 0 Å². The second kappa shape index (κ2) is 4.53. The number of hydrogen-bond donors (Lipinski definition) is 1. The van der Waals surface area contributed by atoms with Crippen LogP contribution in [0.15, 0.2) is 11.1 Å². The fraction of sp³-hybridized carbons (Fsp3) is 0.714. The van der Waals surface area contributed by atoms with Crippen LogP contribution in [0.5, 0.6) is 0 Å². The number of rotatable bonds is 0. The summed E-state index contributed by atoms with van der Waals surface area (Å²) in [6.07, 6.45) is 2.75. The summed E-state index contributed by atoms with van der Waals surface area (Å²) in [6.45, 7) is 1.19. The van der Waals surface area contributed by atoms with Gasteiger partial charge in [-0.15, -0.1) is 12.4 Å². The summed E-state index contributed by atoms with van der Waals surface area (Å²) >= 11 is 0. The Morgan fingerprint density at radius 2 is 2.45 bits per heavy atom. The molecule has 1 unspecified atom stereocenters. The zero-order valence-corrected chi connectivity index (χ0v) is 8.66. The molecule has 0 aromatic heterocycles. The van der Waals surface area contributed by atoms with Crippen LogP contribution in [0.3, 0.4) is 0 Å². The molecule has 2 rings (SSSR count). The van der Waals surface area contributed by atoms with Gasteiger partial charge < -0.3 is 5.32 Å². The summed E-state index contributed by atoms with van der Waals surface area (Å²) in [5.74, 6) is 2.16. The molecule has 1 N–H and O–H groups in total. The smallest absolute Gasteiger partial charge is 0.0219 e. The molecule has 0 saturated carbocycles. The first-order valence-corrected chi connectivity index (χ1v) is 6.07. The van der Waals surface area contributed by atoms with Crippen molar-refractivity contribution in [2.45, 2.75) is 12.8 Å². The van der Waals surface area contributed by atoms with Gasteiger partial charge in [0.05, 0.1) is 0 Å². The summed E-state index contributed by atoms with van der Waals surface area (Å²) in [7, 11) is 3.85. The first kappa shape index (κ1) is 9.62. The van der Waals surface area contributed by atoms with E-state index in [2.05, 4.69) is 10.7 Å². The molecule has 0 radical (unpaired) electrons. The second-order valence-electron chi connectivity index (χ2n) is 2.72. The molecule has 1 fully saturated rings. The van der Waals surface area contributed by atoms with Crippen molar-refractivity contribution in [1.82, 2.24) is 5.32 Å². The maximum absolute atomic E-state index is 3.45. The summed E-state index contributed by atoms with van der Waals surface area (Å²) in [5.41, 5.74) is 1.50. The Bertz CT molecular complexity index is 161. The number of allylic oxidation sites excluding steroid dienone is 1. The van der Waals surface area contributed by atoms with E-state index in [1.54, 1.807) is 0 Å². The maximum atomic E-state index is 3.45. The Labute approximate surface area is 81.6 Å². The van der Waals surface area contributed by atoms with Crippen LogP contribution in [-0.2, 0) is 0 Å². The predicted molar refractivity (Wildman–Crippen MR) is 56.1 cm³/mol. The molecule has 0 bridgehead atoms. The summed E-state index contributed by atoms with van der Waals surface area (Å²) in [6, 6.07) is 0. The van der Waals surface area contributed by atoms with Crippen LogP contribution in [0, 0.1) is 5.92 Å². The van der Waals surface area contributed by atoms with Crippen LogP contribution in [-0.4, -0.2) is 12.3 Å². The molecule has 64 valence electrons. The van der Waals surface area contributed by atoms with Crippen molar-refractivity contribution in [3.05, 3.63) is 11.1 Å². The Hall–Kier alpha value is 0.530. The molecular formula is C7H12ClNS2. The third-order valence-electron chi connectivity index (χ3n) is 2.01. The van der Waals surface area contributed by atoms with Crippen LogP contribution in [0.4, 0.5) is 0 Å². The van der Waals surface area contributed by atoms with E-state index in [4.69, 9.17) is 0 Å². The first-order chi connectivity index (χ1) is 4.97. The molecule has 1 atom stereocenters. The van der Waals surface area contributed by atoms with Crippen LogP contribution in [0.1, 0.15) is 12.8 Å². The van der Waals surface area contributed by atoms with Crippen molar-refractivity contribution in [3.8, 4) is 0 Å². The average Bonchev–Trinajstić information content (AvgIpc) is 2.05. The fourth-order valence-electron chi connectivity index (χ4n) is 1.40. The molecular weight excluding hydrogens is 198 g/mol. The van der Waals surface area contributed by atoms with Gasteiger partial charge in [0.15, 0.2) is 0 Å². The van der Waals surface area contributed by atoms with E-state index >= 15 is 0 Å². The lowest BCUT2D eigenvalue weighted by Gasteiger charge is -2.28. The topological polar surface area (TPSA) is 12.0 Å². The Kier molecular flexibility index (Phi) is 3.96. The van der Waals surface area contributed by atoms with Crippen molar-refractivity contribution in [2.24, 2.45) is 5.92 Å². The minimum atomic E-state index is 0. The number of halogens is 1. The SMILES string of the molecule is C1=C2NCCCC2CSS1.Cl. The molecule has 0 aromatic carbocycles. The predicted octanol–water partition coefficient (Wildman–Crippen LogP) is 2.64. The van der Waals surface area contributed by atoms with Crippen LogP contribution >= 0.6 is 34.0 Å². The molecule has 0 aromatic rings. The average molecular weight is 210 g/mol. The molecule has 0 spiro atoms. The Morgan fingerprint density at radius 1 is 1.55 bits per heavy atom. The van der Waals surface area contributed by atoms with Gasteiger partial charge >= 0.3 is 0 Å². The lowest BCUT2D eigenvalue weighted by Crippen LogP contribution is -2.29. The Morgan fingerprint density at radius 3 is 3.27 bits per heavy atom. The summed E-state index contributed by atoms with van der Waals surface area (Å²) in [4.78, 5) is 0. The molecule has 2 aliphatic heterocycles. The molecule has 0 aliphatic carbocycles. The van der Waals surface area contributed by atoms with Crippen LogP contribution < -0.4 is 5.32 Å². The van der Waals surface area contributed by atoms with E-state index in [1.165, 1.54) is 30.8 Å². The molecule has 1 nitrogen and oxygen atoms in total. The molecule has 1 saturated heterocycles. The monoisotopic (exact) mass is 209 g/mol. The number of fused-ring (bicyclic) bond motifs is 1. The third-order valence-corrected chi connectivity index (χ3v) is 4.14. The van der Waals surface area contributed by atoms with E-state index in [-0.39, 0.29) is 12.4 Å². The van der Waals surface area contributed by atoms with Crippen molar-refractivity contribution >= 4 is 34.0 Å². The second-order valence-corrected chi connectivity index (χ2v) is 5.00. The number of nitrogens with one attached hydrogen (secondary N) is 1. The van der Waals surface area contributed by atoms with Crippen molar-refractivity contribution in [1.29, 1.82) is 0 Å². The van der Waals surface area contributed by atoms with E-state index in [0.717, 1.165) is 5.92 Å². The largest absolute Gasteiger partial charge is 0.388 e. The molecule has 2 heterocycles. The lowest BCUT2D eigenvalue weighted by molar-refractivity contribution is 0.480. The quantitative estimate of drug-likeness (QED) is 0.617. The van der Waals surface area contributed by atoms with Gasteiger partial charge in [-0.3, -0.25) is 0 Å². The van der Waals surface area contributed by atoms with Gasteiger partial charge in [0.2, 0.25) is 0 Å². The number of piperidine rings is 1. The zero-order chi connectivity index (χ0) is 6.81. The van der Waals surface area contributed by atoms with E-state index < -0.39 is 0 Å². The summed E-state index contributed by atoms with van der Waals surface area (Å²) in [5, 5.41) is 5.72. The highest BCUT2D eigenvalue weighted by Gasteiger charge is 2.20. The first-order valence-electron chi connectivity index (χ1n) is 3.69. The standard InChI is InChI=1S/C7H11NS2.ClH/c1-2-6-4-9-10-5-7(6)8-3-1;/h5-6,8H,1-4H2;1H. The fourth-order valence-corrected chi connectivity index (χ4v) is 3.68. The van der Waals surface area contributed by atoms with Crippen molar-refractivity contribution < 1.29 is 0 Å². The van der Waals surface area contributed by atoms with Gasteiger partial charge in [-0.2, -0.15) is 0 Å². The minimum Gasteiger partial charge on any atom is -0.388 e. The van der Waals surface area contributed by atoms with Gasteiger partial charge in [0, 0.05) is 29.3 Å². The normalized spacial score (nSPS) is 29.1. The Balaban J connectivity index is 0.000000605. The highest BCUT2D eigenvalue weighted by atomic mass is 35.5. The van der Waals surface area contributed by atoms with E-state index in [1.807, 2.05) is 21.6 Å². The zero-order valence-electron chi connectivity index (χ0n) is 6.21. The van der Waals surface area contributed by atoms with Crippen molar-refractivity contribution in [3.63, 3.8) is 0 Å². The van der Waals surface area contributed by atoms with E-state index in [0.29, 0.717) is 0 Å². The molecule has 2 aliphatic rings. The third kappa shape index (κ3) is 2.23. The molecule has 11 heavy (non-hydrogen) atoms. The van der Waals surface area contributed by atoms with Gasteiger partial charge in [-0.05, 0) is 12.8 Å². The molecule has 4 heteroatoms.